The van der Waals surface area contributed by atoms with Crippen LogP contribution in [0.4, 0.5) is 0 Å². The molecule has 0 saturated carbocycles. The van der Waals surface area contributed by atoms with Gasteiger partial charge >= 0.3 is 0 Å². The molecule has 20 heavy (non-hydrogen) atoms. The predicted molar refractivity (Wildman–Crippen MR) is 84.8 cm³/mol. The van der Waals surface area contributed by atoms with E-state index in [1.165, 1.54) is 33.2 Å². The van der Waals surface area contributed by atoms with Gasteiger partial charge in [-0.1, -0.05) is 36.4 Å². The summed E-state index contributed by atoms with van der Waals surface area (Å²) >= 11 is 0. The summed E-state index contributed by atoms with van der Waals surface area (Å²) in [7, 11) is 0. The van der Waals surface area contributed by atoms with Gasteiger partial charge in [0.05, 0.1) is 5.52 Å². The molecular weight excluding hydrogens is 244 g/mol. The topological polar surface area (TPSA) is 30.9 Å². The summed E-state index contributed by atoms with van der Waals surface area (Å²) in [6.45, 7) is 5.78. The molecule has 0 amide bonds. The van der Waals surface area contributed by atoms with E-state index < -0.39 is 0 Å². The Morgan fingerprint density at radius 1 is 1.00 bits per heavy atom. The highest BCUT2D eigenvalue weighted by atomic mass is 15.0. The molecule has 0 atom stereocenters. The number of para-hydroxylation sites is 1. The molecule has 2 heteroatoms. The van der Waals surface area contributed by atoms with Gasteiger partial charge in [0, 0.05) is 19.3 Å². The van der Waals surface area contributed by atoms with Gasteiger partial charge in [0.25, 0.3) is 0 Å². The van der Waals surface area contributed by atoms with Crippen molar-refractivity contribution < 1.29 is 0 Å². The third-order valence-electron chi connectivity index (χ3n) is 4.02. The summed E-state index contributed by atoms with van der Waals surface area (Å²) in [6.07, 6.45) is 2.15. The number of hydrogen-bond donors (Lipinski definition) is 1. The van der Waals surface area contributed by atoms with Gasteiger partial charge in [-0.2, -0.15) is 0 Å². The Hall–Kier alpha value is -2.06. The van der Waals surface area contributed by atoms with Crippen LogP contribution in [0.25, 0.3) is 10.9 Å². The lowest BCUT2D eigenvalue weighted by Gasteiger charge is -2.10. The van der Waals surface area contributed by atoms with Crippen molar-refractivity contribution in [3.8, 4) is 0 Å². The number of fused-ring (bicyclic) bond motifs is 1. The largest absolute Gasteiger partial charge is 0.343 e. The summed E-state index contributed by atoms with van der Waals surface area (Å²) in [6, 6.07) is 15.2. The van der Waals surface area contributed by atoms with E-state index in [0.29, 0.717) is 6.54 Å². The summed E-state index contributed by atoms with van der Waals surface area (Å²) < 4.78 is 2.29. The van der Waals surface area contributed by atoms with Crippen molar-refractivity contribution in [2.45, 2.75) is 26.9 Å². The van der Waals surface area contributed by atoms with Crippen LogP contribution in [0, 0.1) is 13.8 Å². The van der Waals surface area contributed by atoms with E-state index in [0.717, 1.165) is 6.54 Å². The first-order valence-corrected chi connectivity index (χ1v) is 7.02. The number of nitrogens with zero attached hydrogens (tertiary/aromatic N) is 1. The Kier molecular flexibility index (Phi) is 3.33. The molecule has 102 valence electrons. The molecular formula is C18H20N2. The lowest BCUT2D eigenvalue weighted by Crippen LogP contribution is -2.03. The van der Waals surface area contributed by atoms with Crippen molar-refractivity contribution in [3.05, 3.63) is 70.9 Å². The van der Waals surface area contributed by atoms with Gasteiger partial charge in [-0.15, -0.1) is 0 Å². The Balaban J connectivity index is 2.04. The second-order valence-corrected chi connectivity index (χ2v) is 5.42. The second kappa shape index (κ2) is 5.14. The summed E-state index contributed by atoms with van der Waals surface area (Å²) in [4.78, 5) is 0. The second-order valence-electron chi connectivity index (χ2n) is 5.42. The molecule has 0 aliphatic heterocycles. The zero-order chi connectivity index (χ0) is 14.1. The third kappa shape index (κ3) is 2.23. The highest BCUT2D eigenvalue weighted by Gasteiger charge is 2.06. The number of aryl methyl sites for hydroxylation is 2. The smallest absolute Gasteiger partial charge is 0.0528 e. The molecule has 3 rings (SSSR count). The maximum atomic E-state index is 5.87. The van der Waals surface area contributed by atoms with Crippen molar-refractivity contribution in [2.24, 2.45) is 5.73 Å². The number of nitrogens with two attached hydrogens (primary N) is 1. The van der Waals surface area contributed by atoms with Gasteiger partial charge in [0.15, 0.2) is 0 Å². The van der Waals surface area contributed by atoms with Crippen LogP contribution in [0.3, 0.4) is 0 Å². The Morgan fingerprint density at radius 2 is 1.85 bits per heavy atom. The van der Waals surface area contributed by atoms with E-state index >= 15 is 0 Å². The van der Waals surface area contributed by atoms with Gasteiger partial charge in [0.1, 0.15) is 0 Å². The minimum absolute atomic E-state index is 0.578. The first-order valence-electron chi connectivity index (χ1n) is 7.02. The van der Waals surface area contributed by atoms with Crippen molar-refractivity contribution >= 4 is 10.9 Å². The summed E-state index contributed by atoms with van der Waals surface area (Å²) in [5.41, 5.74) is 12.3. The van der Waals surface area contributed by atoms with Gasteiger partial charge in [-0.05, 0) is 47.6 Å². The molecule has 0 spiro atoms. The highest BCUT2D eigenvalue weighted by Crippen LogP contribution is 2.22. The lowest BCUT2D eigenvalue weighted by molar-refractivity contribution is 0.828. The number of rotatable bonds is 3. The lowest BCUT2D eigenvalue weighted by atomic mass is 10.1. The van der Waals surface area contributed by atoms with E-state index in [1.54, 1.807) is 0 Å². The van der Waals surface area contributed by atoms with Crippen LogP contribution in [0.2, 0.25) is 0 Å². The first kappa shape index (κ1) is 12.9. The Morgan fingerprint density at radius 3 is 2.60 bits per heavy atom. The van der Waals surface area contributed by atoms with Crippen LogP contribution < -0.4 is 5.73 Å². The van der Waals surface area contributed by atoms with Gasteiger partial charge in [-0.25, -0.2) is 0 Å². The molecule has 0 fully saturated rings. The normalized spacial score (nSPS) is 11.2. The standard InChI is InChI=1S/C18H20N2/c1-13-6-7-15(10-14(13)2)12-20-9-8-16-4-3-5-17(11-19)18(16)20/h3-10H,11-12,19H2,1-2H3. The molecule has 3 aromatic rings. The molecule has 2 nitrogen and oxygen atoms in total. The van der Waals surface area contributed by atoms with Crippen molar-refractivity contribution in [3.63, 3.8) is 0 Å². The third-order valence-corrected chi connectivity index (χ3v) is 4.02. The molecule has 0 saturated heterocycles. The molecule has 0 radical (unpaired) electrons. The fourth-order valence-electron chi connectivity index (χ4n) is 2.74. The molecule has 1 aromatic heterocycles. The van der Waals surface area contributed by atoms with Crippen molar-refractivity contribution in [1.82, 2.24) is 4.57 Å². The van der Waals surface area contributed by atoms with Crippen molar-refractivity contribution in [2.75, 3.05) is 0 Å². The van der Waals surface area contributed by atoms with Gasteiger partial charge < -0.3 is 10.3 Å². The molecule has 0 bridgehead atoms. The minimum Gasteiger partial charge on any atom is -0.343 e. The van der Waals surface area contributed by atoms with Crippen LogP contribution in [0.5, 0.6) is 0 Å². The Bertz CT molecular complexity index is 753. The zero-order valence-corrected chi connectivity index (χ0v) is 12.1. The van der Waals surface area contributed by atoms with Crippen LogP contribution in [0.1, 0.15) is 22.3 Å². The molecule has 2 N–H and O–H groups in total. The summed E-state index contributed by atoms with van der Waals surface area (Å²) in [5.74, 6) is 0. The maximum Gasteiger partial charge on any atom is 0.0528 e. The average Bonchev–Trinajstić information content (AvgIpc) is 2.86. The van der Waals surface area contributed by atoms with Crippen LogP contribution in [-0.2, 0) is 13.1 Å². The van der Waals surface area contributed by atoms with Crippen molar-refractivity contribution in [1.29, 1.82) is 0 Å². The van der Waals surface area contributed by atoms with Gasteiger partial charge in [-0.3, -0.25) is 0 Å². The maximum absolute atomic E-state index is 5.87. The van der Waals surface area contributed by atoms with E-state index in [1.807, 2.05) is 0 Å². The van der Waals surface area contributed by atoms with E-state index in [9.17, 15) is 0 Å². The minimum atomic E-state index is 0.578. The van der Waals surface area contributed by atoms with Crippen LogP contribution in [0.15, 0.2) is 48.7 Å². The SMILES string of the molecule is Cc1ccc(Cn2ccc3cccc(CN)c32)cc1C. The summed E-state index contributed by atoms with van der Waals surface area (Å²) in [5, 5.41) is 1.26. The van der Waals surface area contributed by atoms with E-state index in [4.69, 9.17) is 5.73 Å². The molecule has 0 unspecified atom stereocenters. The number of hydrogen-bond acceptors (Lipinski definition) is 1. The zero-order valence-electron chi connectivity index (χ0n) is 12.1. The van der Waals surface area contributed by atoms with E-state index in [2.05, 4.69) is 67.1 Å². The average molecular weight is 264 g/mol. The van der Waals surface area contributed by atoms with E-state index in [-0.39, 0.29) is 0 Å². The number of benzene rings is 2. The number of aromatic nitrogens is 1. The molecule has 0 aliphatic carbocycles. The Labute approximate surface area is 119 Å². The molecule has 1 heterocycles. The van der Waals surface area contributed by atoms with Crippen LogP contribution in [-0.4, -0.2) is 4.57 Å². The monoisotopic (exact) mass is 264 g/mol. The quantitative estimate of drug-likeness (QED) is 0.767. The molecule has 2 aromatic carbocycles. The fourth-order valence-corrected chi connectivity index (χ4v) is 2.74. The highest BCUT2D eigenvalue weighted by molar-refractivity contribution is 5.83. The van der Waals surface area contributed by atoms with Crippen LogP contribution >= 0.6 is 0 Å². The predicted octanol–water partition coefficient (Wildman–Crippen LogP) is 3.77. The first-order chi connectivity index (χ1) is 9.69. The molecule has 0 aliphatic rings. The van der Waals surface area contributed by atoms with Gasteiger partial charge in [0.2, 0.25) is 0 Å². The fraction of sp³-hybridized carbons (Fsp3) is 0.222.